The molecule has 1 aromatic heterocycles. The molecular formula is C15H16N2O3. The SMILES string of the molecule is Cc1cc(CC(=O)Nc2ccc3c(c2)OCO3)c(C)[nH]1. The third-order valence-electron chi connectivity index (χ3n) is 3.26. The van der Waals surface area contributed by atoms with Crippen molar-refractivity contribution >= 4 is 11.6 Å². The van der Waals surface area contributed by atoms with Gasteiger partial charge >= 0.3 is 0 Å². The van der Waals surface area contributed by atoms with Gasteiger partial charge in [0.1, 0.15) is 0 Å². The molecule has 1 aliphatic rings. The maximum atomic E-state index is 12.0. The second-order valence-electron chi connectivity index (χ2n) is 4.90. The lowest BCUT2D eigenvalue weighted by Gasteiger charge is -2.06. The summed E-state index contributed by atoms with van der Waals surface area (Å²) in [5.41, 5.74) is 3.82. The summed E-state index contributed by atoms with van der Waals surface area (Å²) in [5, 5.41) is 2.87. The van der Waals surface area contributed by atoms with Crippen molar-refractivity contribution in [2.24, 2.45) is 0 Å². The van der Waals surface area contributed by atoms with Crippen LogP contribution in [-0.4, -0.2) is 17.7 Å². The van der Waals surface area contributed by atoms with Crippen molar-refractivity contribution in [1.29, 1.82) is 0 Å². The van der Waals surface area contributed by atoms with Gasteiger partial charge in [0.15, 0.2) is 11.5 Å². The second kappa shape index (κ2) is 4.92. The first-order valence-corrected chi connectivity index (χ1v) is 6.46. The number of H-pyrrole nitrogens is 1. The zero-order valence-electron chi connectivity index (χ0n) is 11.4. The Bertz CT molecular complexity index is 661. The number of hydrogen-bond donors (Lipinski definition) is 2. The van der Waals surface area contributed by atoms with E-state index in [1.807, 2.05) is 19.9 Å². The molecule has 0 aliphatic carbocycles. The van der Waals surface area contributed by atoms with Crippen LogP contribution in [0.4, 0.5) is 5.69 Å². The topological polar surface area (TPSA) is 63.4 Å². The zero-order chi connectivity index (χ0) is 14.1. The first-order valence-electron chi connectivity index (χ1n) is 6.46. The summed E-state index contributed by atoms with van der Waals surface area (Å²) in [6.45, 7) is 4.18. The molecule has 5 heteroatoms. The van der Waals surface area contributed by atoms with Crippen molar-refractivity contribution < 1.29 is 14.3 Å². The van der Waals surface area contributed by atoms with Crippen molar-refractivity contribution in [3.8, 4) is 11.5 Å². The maximum absolute atomic E-state index is 12.0. The van der Waals surface area contributed by atoms with E-state index in [2.05, 4.69) is 10.3 Å². The molecule has 1 aliphatic heterocycles. The maximum Gasteiger partial charge on any atom is 0.231 e. The first kappa shape index (κ1) is 12.6. The van der Waals surface area contributed by atoms with Crippen molar-refractivity contribution in [2.45, 2.75) is 20.3 Å². The van der Waals surface area contributed by atoms with Crippen LogP contribution < -0.4 is 14.8 Å². The van der Waals surface area contributed by atoms with E-state index in [0.29, 0.717) is 23.6 Å². The highest BCUT2D eigenvalue weighted by Crippen LogP contribution is 2.34. The molecule has 1 amide bonds. The summed E-state index contributed by atoms with van der Waals surface area (Å²) in [6, 6.07) is 7.37. The number of ether oxygens (including phenoxy) is 2. The van der Waals surface area contributed by atoms with Crippen LogP contribution in [0.2, 0.25) is 0 Å². The van der Waals surface area contributed by atoms with E-state index in [0.717, 1.165) is 17.0 Å². The van der Waals surface area contributed by atoms with E-state index in [4.69, 9.17) is 9.47 Å². The molecule has 5 nitrogen and oxygen atoms in total. The molecule has 3 rings (SSSR count). The Morgan fingerprint density at radius 2 is 2.05 bits per heavy atom. The van der Waals surface area contributed by atoms with E-state index < -0.39 is 0 Å². The van der Waals surface area contributed by atoms with Crippen LogP contribution in [0.15, 0.2) is 24.3 Å². The number of fused-ring (bicyclic) bond motifs is 1. The van der Waals surface area contributed by atoms with Gasteiger partial charge in [-0.1, -0.05) is 0 Å². The number of rotatable bonds is 3. The Kier molecular flexibility index (Phi) is 3.10. The molecule has 2 aromatic rings. The average molecular weight is 272 g/mol. The standard InChI is InChI=1S/C15H16N2O3/c1-9-5-11(10(2)16-9)6-15(18)17-12-3-4-13-14(7-12)20-8-19-13/h3-5,7,16H,6,8H2,1-2H3,(H,17,18). The van der Waals surface area contributed by atoms with E-state index in [1.165, 1.54) is 0 Å². The fraction of sp³-hybridized carbons (Fsp3) is 0.267. The Morgan fingerprint density at radius 1 is 1.25 bits per heavy atom. The van der Waals surface area contributed by atoms with E-state index in [-0.39, 0.29) is 12.7 Å². The van der Waals surface area contributed by atoms with Gasteiger partial charge < -0.3 is 19.8 Å². The van der Waals surface area contributed by atoms with E-state index >= 15 is 0 Å². The van der Waals surface area contributed by atoms with Crippen LogP contribution in [0.1, 0.15) is 17.0 Å². The smallest absolute Gasteiger partial charge is 0.231 e. The quantitative estimate of drug-likeness (QED) is 0.902. The lowest BCUT2D eigenvalue weighted by atomic mass is 10.1. The predicted molar refractivity (Wildman–Crippen MR) is 75.2 cm³/mol. The molecule has 0 saturated carbocycles. The number of hydrogen-bond acceptors (Lipinski definition) is 3. The van der Waals surface area contributed by atoms with Crippen molar-refractivity contribution in [3.05, 3.63) is 41.2 Å². The molecule has 0 radical (unpaired) electrons. The number of nitrogens with one attached hydrogen (secondary N) is 2. The normalized spacial score (nSPS) is 12.5. The third-order valence-corrected chi connectivity index (χ3v) is 3.26. The predicted octanol–water partition coefficient (Wildman–Crippen LogP) is 2.54. The minimum absolute atomic E-state index is 0.0500. The number of aromatic nitrogens is 1. The molecule has 0 atom stereocenters. The number of carbonyl (C=O) groups is 1. The summed E-state index contributed by atoms with van der Waals surface area (Å²) in [5.74, 6) is 1.32. The van der Waals surface area contributed by atoms with Gasteiger partial charge in [0, 0.05) is 23.1 Å². The third kappa shape index (κ3) is 2.47. The van der Waals surface area contributed by atoms with Gasteiger partial charge in [-0.3, -0.25) is 4.79 Å². The molecular weight excluding hydrogens is 256 g/mol. The largest absolute Gasteiger partial charge is 0.454 e. The van der Waals surface area contributed by atoms with E-state index in [1.54, 1.807) is 18.2 Å². The second-order valence-corrected chi connectivity index (χ2v) is 4.90. The Hall–Kier alpha value is -2.43. The number of benzene rings is 1. The number of aryl methyl sites for hydroxylation is 2. The fourth-order valence-electron chi connectivity index (χ4n) is 2.32. The van der Waals surface area contributed by atoms with Crippen LogP contribution in [0.5, 0.6) is 11.5 Å². The molecule has 104 valence electrons. The fourth-order valence-corrected chi connectivity index (χ4v) is 2.32. The summed E-state index contributed by atoms with van der Waals surface area (Å²) < 4.78 is 10.5. The lowest BCUT2D eigenvalue weighted by Crippen LogP contribution is -2.14. The minimum atomic E-state index is -0.0500. The summed E-state index contributed by atoms with van der Waals surface area (Å²) in [4.78, 5) is 15.2. The number of anilines is 1. The van der Waals surface area contributed by atoms with Gasteiger partial charge in [-0.25, -0.2) is 0 Å². The monoisotopic (exact) mass is 272 g/mol. The van der Waals surface area contributed by atoms with Gasteiger partial charge in [-0.2, -0.15) is 0 Å². The highest BCUT2D eigenvalue weighted by atomic mass is 16.7. The van der Waals surface area contributed by atoms with Gasteiger partial charge in [0.2, 0.25) is 12.7 Å². The number of carbonyl (C=O) groups excluding carboxylic acids is 1. The highest BCUT2D eigenvalue weighted by Gasteiger charge is 2.14. The molecule has 20 heavy (non-hydrogen) atoms. The Morgan fingerprint density at radius 3 is 2.80 bits per heavy atom. The molecule has 0 unspecified atom stereocenters. The van der Waals surface area contributed by atoms with Crippen molar-refractivity contribution in [1.82, 2.24) is 4.98 Å². The molecule has 0 spiro atoms. The molecule has 1 aromatic carbocycles. The molecule has 2 heterocycles. The summed E-state index contributed by atoms with van der Waals surface area (Å²) in [7, 11) is 0. The van der Waals surface area contributed by atoms with Crippen LogP contribution >= 0.6 is 0 Å². The molecule has 2 N–H and O–H groups in total. The van der Waals surface area contributed by atoms with Gasteiger partial charge in [-0.15, -0.1) is 0 Å². The average Bonchev–Trinajstić information content (AvgIpc) is 2.96. The van der Waals surface area contributed by atoms with Gasteiger partial charge in [0.25, 0.3) is 0 Å². The van der Waals surface area contributed by atoms with Crippen LogP contribution in [0, 0.1) is 13.8 Å². The molecule has 0 saturated heterocycles. The summed E-state index contributed by atoms with van der Waals surface area (Å²) >= 11 is 0. The zero-order valence-corrected chi connectivity index (χ0v) is 11.4. The molecule has 0 fully saturated rings. The number of aromatic amines is 1. The highest BCUT2D eigenvalue weighted by molar-refractivity contribution is 5.92. The minimum Gasteiger partial charge on any atom is -0.454 e. The van der Waals surface area contributed by atoms with Crippen LogP contribution in [0.25, 0.3) is 0 Å². The van der Waals surface area contributed by atoms with Crippen LogP contribution in [-0.2, 0) is 11.2 Å². The molecule has 0 bridgehead atoms. The lowest BCUT2D eigenvalue weighted by molar-refractivity contribution is -0.115. The van der Waals surface area contributed by atoms with Gasteiger partial charge in [-0.05, 0) is 37.6 Å². The number of amides is 1. The van der Waals surface area contributed by atoms with E-state index in [9.17, 15) is 4.79 Å². The Balaban J connectivity index is 1.68. The Labute approximate surface area is 116 Å². The first-order chi connectivity index (χ1) is 9.61. The van der Waals surface area contributed by atoms with Crippen molar-refractivity contribution in [2.75, 3.05) is 12.1 Å². The van der Waals surface area contributed by atoms with Gasteiger partial charge in [0.05, 0.1) is 6.42 Å². The van der Waals surface area contributed by atoms with Crippen molar-refractivity contribution in [3.63, 3.8) is 0 Å². The summed E-state index contributed by atoms with van der Waals surface area (Å²) in [6.07, 6.45) is 0.352. The van der Waals surface area contributed by atoms with Crippen LogP contribution in [0.3, 0.4) is 0 Å².